The summed E-state index contributed by atoms with van der Waals surface area (Å²) in [5, 5.41) is 0. The molecule has 4 heterocycles. The summed E-state index contributed by atoms with van der Waals surface area (Å²) in [5.74, 6) is 0.0246. The van der Waals surface area contributed by atoms with Gasteiger partial charge in [-0.1, -0.05) is 200 Å². The number of amides is 2. The monoisotopic (exact) mass is 866 g/mol. The van der Waals surface area contributed by atoms with Crippen molar-refractivity contribution in [3.8, 4) is 0 Å². The maximum absolute atomic E-state index is 14.5. The lowest BCUT2D eigenvalue weighted by Crippen LogP contribution is -2.30. The third-order valence-electron chi connectivity index (χ3n) is 11.9. The minimum absolute atomic E-state index is 0.0123. The first-order valence-corrected chi connectivity index (χ1v) is 25.9. The standard InChI is InChI=1S/C48H76BBrN2O2S2/c1-3-5-7-9-11-13-15-17-19-21-23-25-27-29-31-37-51-45(39-33-35-41(49)55-39)43-44(48(51)54)46(40-34-36-42(50)56-40)52(47(43)53)38-32-30-28-26-24-22-20-18-16-14-12-10-8-6-4-2/h33-36H,3-32,37-38,49H2,1-2H3. The molecule has 0 N–H and O–H groups in total. The molecule has 0 atom stereocenters. The minimum Gasteiger partial charge on any atom is -0.306 e. The maximum atomic E-state index is 14.5. The Bertz CT molecular complexity index is 1380. The molecule has 2 amide bonds. The van der Waals surface area contributed by atoms with Crippen LogP contribution in [0.5, 0.6) is 0 Å². The van der Waals surface area contributed by atoms with E-state index in [0.717, 1.165) is 50.6 Å². The first kappa shape index (κ1) is 47.0. The summed E-state index contributed by atoms with van der Waals surface area (Å²) in [6, 6.07) is 8.35. The fraction of sp³-hybridized carbons (Fsp3) is 0.708. The lowest BCUT2D eigenvalue weighted by atomic mass is 10.0. The van der Waals surface area contributed by atoms with Crippen LogP contribution >= 0.6 is 38.6 Å². The predicted molar refractivity (Wildman–Crippen MR) is 252 cm³/mol. The average molecular weight is 868 g/mol. The van der Waals surface area contributed by atoms with E-state index in [1.165, 1.54) is 172 Å². The summed E-state index contributed by atoms with van der Waals surface area (Å²) >= 11 is 6.98. The number of hydrogen-bond donors (Lipinski definition) is 0. The third kappa shape index (κ3) is 15.5. The van der Waals surface area contributed by atoms with Crippen LogP contribution in [0.3, 0.4) is 0 Å². The Morgan fingerprint density at radius 1 is 0.446 bits per heavy atom. The first-order chi connectivity index (χ1) is 27.5. The number of carbonyl (C=O) groups is 2. The smallest absolute Gasteiger partial charge is 0.261 e. The van der Waals surface area contributed by atoms with Crippen molar-refractivity contribution in [2.24, 2.45) is 0 Å². The molecule has 0 unspecified atom stereocenters. The topological polar surface area (TPSA) is 40.6 Å². The van der Waals surface area contributed by atoms with Crippen LogP contribution in [-0.2, 0) is 9.59 Å². The molecule has 2 aliphatic rings. The van der Waals surface area contributed by atoms with E-state index in [-0.39, 0.29) is 11.8 Å². The second-order valence-corrected chi connectivity index (χ2v) is 20.5. The summed E-state index contributed by atoms with van der Waals surface area (Å²) in [5.41, 5.74) is 2.96. The summed E-state index contributed by atoms with van der Waals surface area (Å²) in [6.07, 6.45) is 39.6. The van der Waals surface area contributed by atoms with Crippen molar-refractivity contribution in [2.45, 2.75) is 206 Å². The van der Waals surface area contributed by atoms with E-state index in [1.807, 2.05) is 15.9 Å². The van der Waals surface area contributed by atoms with E-state index < -0.39 is 0 Å². The van der Waals surface area contributed by atoms with Gasteiger partial charge in [-0.05, 0) is 51.7 Å². The van der Waals surface area contributed by atoms with Crippen molar-refractivity contribution in [1.29, 1.82) is 0 Å². The van der Waals surface area contributed by atoms with Crippen LogP contribution in [0.15, 0.2) is 39.2 Å². The lowest BCUT2D eigenvalue weighted by molar-refractivity contribution is -0.124. The Kier molecular flexibility index (Phi) is 23.5. The molecule has 0 spiro atoms. The largest absolute Gasteiger partial charge is 0.306 e. The van der Waals surface area contributed by atoms with Gasteiger partial charge in [-0.25, -0.2) is 0 Å². The van der Waals surface area contributed by atoms with E-state index in [4.69, 9.17) is 0 Å². The highest BCUT2D eigenvalue weighted by Crippen LogP contribution is 2.48. The Hall–Kier alpha value is -1.64. The zero-order valence-electron chi connectivity index (χ0n) is 35.8. The van der Waals surface area contributed by atoms with Crippen molar-refractivity contribution in [1.82, 2.24) is 9.80 Å². The number of unbranched alkanes of at least 4 members (excludes halogenated alkanes) is 28. The van der Waals surface area contributed by atoms with Gasteiger partial charge in [-0.15, -0.1) is 22.7 Å². The number of thiophene rings is 2. The molecule has 4 nitrogen and oxygen atoms in total. The number of nitrogens with zero attached hydrogens (tertiary/aromatic N) is 2. The second kappa shape index (κ2) is 27.9. The summed E-state index contributed by atoms with van der Waals surface area (Å²) < 4.78 is 2.22. The molecule has 2 aromatic heterocycles. The Labute approximate surface area is 360 Å². The Morgan fingerprint density at radius 3 is 1.04 bits per heavy atom. The third-order valence-corrected chi connectivity index (χ3v) is 14.6. The highest BCUT2D eigenvalue weighted by atomic mass is 79.9. The van der Waals surface area contributed by atoms with Crippen molar-refractivity contribution in [2.75, 3.05) is 13.1 Å². The van der Waals surface area contributed by atoms with Gasteiger partial charge in [0.2, 0.25) is 0 Å². The van der Waals surface area contributed by atoms with Crippen LogP contribution < -0.4 is 4.78 Å². The fourth-order valence-electron chi connectivity index (χ4n) is 8.62. The number of hydrogen-bond acceptors (Lipinski definition) is 4. The number of carbonyl (C=O) groups excluding carboxylic acids is 2. The van der Waals surface area contributed by atoms with E-state index in [0.29, 0.717) is 24.2 Å². The van der Waals surface area contributed by atoms with Crippen LogP contribution in [0.25, 0.3) is 11.4 Å². The molecule has 4 rings (SSSR count). The van der Waals surface area contributed by atoms with E-state index in [1.54, 1.807) is 22.7 Å². The zero-order chi connectivity index (χ0) is 39.8. The highest BCUT2D eigenvalue weighted by molar-refractivity contribution is 9.11. The molecule has 0 radical (unpaired) electrons. The van der Waals surface area contributed by atoms with Gasteiger partial charge in [0, 0.05) is 13.1 Å². The van der Waals surface area contributed by atoms with Crippen LogP contribution in [-0.4, -0.2) is 42.5 Å². The molecule has 0 aromatic carbocycles. The molecule has 8 heteroatoms. The molecule has 0 saturated carbocycles. The van der Waals surface area contributed by atoms with Gasteiger partial charge in [0.05, 0.1) is 36.1 Å². The van der Waals surface area contributed by atoms with Crippen LogP contribution in [0.2, 0.25) is 0 Å². The van der Waals surface area contributed by atoms with Gasteiger partial charge in [-0.2, -0.15) is 0 Å². The van der Waals surface area contributed by atoms with Gasteiger partial charge in [-0.3, -0.25) is 9.59 Å². The SMILES string of the molecule is Bc1ccc(C2=C3C(=O)N(CCCCCCCCCCCCCCCCC)C(c4ccc(Br)s4)=C3C(=O)N2CCCCCCCCCCCCCCCCC)s1. The molecular formula is C48H76BBrN2O2S2. The maximum Gasteiger partial charge on any atom is 0.261 e. The fourth-order valence-corrected chi connectivity index (χ4v) is 11.0. The van der Waals surface area contributed by atoms with E-state index in [2.05, 4.69) is 55.8 Å². The molecule has 2 aliphatic heterocycles. The van der Waals surface area contributed by atoms with Crippen molar-refractivity contribution < 1.29 is 9.59 Å². The second-order valence-electron chi connectivity index (χ2n) is 16.8. The van der Waals surface area contributed by atoms with E-state index in [9.17, 15) is 9.59 Å². The average Bonchev–Trinajstić information content (AvgIpc) is 3.95. The van der Waals surface area contributed by atoms with Crippen molar-refractivity contribution in [3.63, 3.8) is 0 Å². The highest BCUT2D eigenvalue weighted by Gasteiger charge is 2.49. The summed E-state index contributed by atoms with van der Waals surface area (Å²) in [6.45, 7) is 5.91. The zero-order valence-corrected chi connectivity index (χ0v) is 39.1. The summed E-state index contributed by atoms with van der Waals surface area (Å²) in [4.78, 5) is 34.9. The Morgan fingerprint density at radius 2 is 0.750 bits per heavy atom. The van der Waals surface area contributed by atoms with Crippen LogP contribution in [0.4, 0.5) is 0 Å². The number of rotatable bonds is 34. The first-order valence-electron chi connectivity index (χ1n) is 23.4. The molecule has 0 saturated heterocycles. The van der Waals surface area contributed by atoms with Gasteiger partial charge < -0.3 is 9.80 Å². The lowest BCUT2D eigenvalue weighted by Gasteiger charge is -2.24. The molecule has 0 fully saturated rings. The molecule has 0 bridgehead atoms. The molecule has 0 aliphatic carbocycles. The normalized spacial score (nSPS) is 14.4. The van der Waals surface area contributed by atoms with Crippen LogP contribution in [0, 0.1) is 0 Å². The summed E-state index contributed by atoms with van der Waals surface area (Å²) in [7, 11) is 2.11. The molecule has 56 heavy (non-hydrogen) atoms. The van der Waals surface area contributed by atoms with Crippen LogP contribution in [0.1, 0.15) is 216 Å². The van der Waals surface area contributed by atoms with Gasteiger partial charge in [0.25, 0.3) is 11.8 Å². The minimum atomic E-state index is 0.0123. The molecule has 2 aromatic rings. The molecular weight excluding hydrogens is 791 g/mol. The molecule has 312 valence electrons. The number of fused-ring (bicyclic) bond motifs is 1. The van der Waals surface area contributed by atoms with Gasteiger partial charge >= 0.3 is 0 Å². The van der Waals surface area contributed by atoms with E-state index >= 15 is 0 Å². The van der Waals surface area contributed by atoms with Gasteiger partial charge in [0.1, 0.15) is 0 Å². The number of halogens is 1. The van der Waals surface area contributed by atoms with Gasteiger partial charge in [0.15, 0.2) is 7.85 Å². The van der Waals surface area contributed by atoms with Crippen molar-refractivity contribution >= 4 is 74.4 Å². The Balaban J connectivity index is 1.25. The predicted octanol–water partition coefficient (Wildman–Crippen LogP) is 14.4. The van der Waals surface area contributed by atoms with Crippen molar-refractivity contribution in [3.05, 3.63) is 49.0 Å². The quantitative estimate of drug-likeness (QED) is 0.0519.